The smallest absolute Gasteiger partial charge is 0.238 e. The summed E-state index contributed by atoms with van der Waals surface area (Å²) in [6.07, 6.45) is 0. The Hall–Kier alpha value is -7.84. The van der Waals surface area contributed by atoms with E-state index in [2.05, 4.69) is 111 Å². The number of hydrogen-bond acceptors (Lipinski definition) is 5. The van der Waals surface area contributed by atoms with Gasteiger partial charge in [-0.2, -0.15) is 9.97 Å². The number of fused-ring (bicyclic) bond motifs is 10. The maximum Gasteiger partial charge on any atom is 0.238 e. The Morgan fingerprint density at radius 1 is 0.411 bits per heavy atom. The number of aromatic nitrogens is 7. The monoisotopic (exact) mass is 719 g/mol. The molecule has 0 saturated heterocycles. The molecule has 7 aromatic carbocycles. The molecule has 8 heteroatoms. The lowest BCUT2D eigenvalue weighted by atomic mass is 10.0. The number of imidazole rings is 2. The molecule has 56 heavy (non-hydrogen) atoms. The van der Waals surface area contributed by atoms with Crippen molar-refractivity contribution in [1.29, 1.82) is 0 Å². The van der Waals surface area contributed by atoms with Crippen LogP contribution in [-0.4, -0.2) is 33.5 Å². The van der Waals surface area contributed by atoms with Gasteiger partial charge in [0, 0.05) is 33.0 Å². The van der Waals surface area contributed by atoms with Crippen LogP contribution < -0.4 is 0 Å². The zero-order valence-corrected chi connectivity index (χ0v) is 29.8. The van der Waals surface area contributed by atoms with E-state index in [4.69, 9.17) is 24.4 Å². The van der Waals surface area contributed by atoms with Crippen LogP contribution in [0, 0.1) is 0 Å². The van der Waals surface area contributed by atoms with Gasteiger partial charge in [0.2, 0.25) is 17.4 Å². The van der Waals surface area contributed by atoms with Gasteiger partial charge in [0.05, 0.1) is 22.1 Å². The molecule has 0 N–H and O–H groups in total. The first kappa shape index (κ1) is 30.6. The molecule has 0 fully saturated rings. The van der Waals surface area contributed by atoms with Gasteiger partial charge in [0.15, 0.2) is 11.6 Å². The predicted molar refractivity (Wildman–Crippen MR) is 223 cm³/mol. The van der Waals surface area contributed by atoms with Crippen molar-refractivity contribution in [3.05, 3.63) is 176 Å². The van der Waals surface area contributed by atoms with Gasteiger partial charge in [-0.1, -0.05) is 121 Å². The van der Waals surface area contributed by atoms with Crippen LogP contribution in [0.15, 0.2) is 180 Å². The van der Waals surface area contributed by atoms with Gasteiger partial charge in [0.25, 0.3) is 0 Å². The summed E-state index contributed by atoms with van der Waals surface area (Å²) in [5.41, 5.74) is 11.6. The van der Waals surface area contributed by atoms with Crippen LogP contribution in [0.1, 0.15) is 0 Å². The van der Waals surface area contributed by atoms with Crippen molar-refractivity contribution in [3.8, 4) is 45.5 Å². The average Bonchev–Trinajstić information content (AvgIpc) is 4.00. The van der Waals surface area contributed by atoms with Gasteiger partial charge in [0.1, 0.15) is 11.1 Å². The highest BCUT2D eigenvalue weighted by Crippen LogP contribution is 2.39. The number of para-hydroxylation sites is 3. The van der Waals surface area contributed by atoms with Crippen molar-refractivity contribution >= 4 is 60.8 Å². The van der Waals surface area contributed by atoms with E-state index in [-0.39, 0.29) is 0 Å². The van der Waals surface area contributed by atoms with E-state index in [9.17, 15) is 0 Å². The van der Waals surface area contributed by atoms with Crippen molar-refractivity contribution in [2.45, 2.75) is 0 Å². The van der Waals surface area contributed by atoms with E-state index in [1.165, 1.54) is 0 Å². The van der Waals surface area contributed by atoms with Crippen molar-refractivity contribution in [2.75, 3.05) is 0 Å². The molecule has 0 bridgehead atoms. The summed E-state index contributed by atoms with van der Waals surface area (Å²) in [6.45, 7) is 0. The van der Waals surface area contributed by atoms with Crippen LogP contribution in [0.25, 0.3) is 106 Å². The lowest BCUT2D eigenvalue weighted by Crippen LogP contribution is -2.06. The maximum atomic E-state index is 6.53. The van der Waals surface area contributed by atoms with E-state index >= 15 is 0 Å². The van der Waals surface area contributed by atoms with Gasteiger partial charge in [-0.25, -0.2) is 14.4 Å². The Labute approximate surface area is 319 Å². The fraction of sp³-hybridized carbons (Fsp3) is 0. The topological polar surface area (TPSA) is 79.0 Å². The van der Waals surface area contributed by atoms with Gasteiger partial charge in [-0.05, 0) is 65.7 Å². The molecule has 0 aliphatic carbocycles. The molecule has 8 nitrogen and oxygen atoms in total. The lowest BCUT2D eigenvalue weighted by molar-refractivity contribution is 0.651. The van der Waals surface area contributed by atoms with Crippen molar-refractivity contribution in [2.24, 2.45) is 0 Å². The molecule has 0 atom stereocenters. The van der Waals surface area contributed by atoms with Crippen LogP contribution in [0.3, 0.4) is 0 Å². The molecule has 0 aliphatic rings. The standard InChI is InChI=1S/C48H29N7O/c1-4-14-30(15-5-1)44-50-45(31-16-6-2-7-17-31)52-47(51-44)54-39-22-12-10-20-35(39)37-28-32(24-26-40(37)54)33-25-27-41-38(29-33)49-48-53(34-18-8-3-9-19-34)43-36-21-11-13-23-42(36)56-46(43)55(41)48/h1-29H. The molecule has 0 amide bonds. The zero-order valence-electron chi connectivity index (χ0n) is 29.8. The first-order valence-corrected chi connectivity index (χ1v) is 18.6. The van der Waals surface area contributed by atoms with E-state index in [0.717, 1.165) is 88.8 Å². The van der Waals surface area contributed by atoms with Crippen LogP contribution in [0.2, 0.25) is 0 Å². The van der Waals surface area contributed by atoms with Crippen molar-refractivity contribution in [1.82, 2.24) is 33.5 Å². The number of furan rings is 1. The lowest BCUT2D eigenvalue weighted by Gasteiger charge is -2.11. The third-order valence-corrected chi connectivity index (χ3v) is 10.7. The SMILES string of the molecule is c1ccc(-c2nc(-c3ccccc3)nc(-n3c4ccccc4c4cc(-c5ccc6c(c5)nc5n(-c7ccccc7)c7c8ccccc8oc7n65)ccc43)n2)cc1. The zero-order chi connectivity index (χ0) is 36.7. The third kappa shape index (κ3) is 4.53. The quantitative estimate of drug-likeness (QED) is 0.177. The Bertz CT molecular complexity index is 3410. The molecule has 5 heterocycles. The minimum atomic E-state index is 0.568. The Balaban J connectivity index is 1.04. The number of rotatable bonds is 5. The highest BCUT2D eigenvalue weighted by molar-refractivity contribution is 6.11. The summed E-state index contributed by atoms with van der Waals surface area (Å²) in [6, 6.07) is 60.3. The van der Waals surface area contributed by atoms with E-state index in [1.54, 1.807) is 0 Å². The van der Waals surface area contributed by atoms with Gasteiger partial charge in [-0.15, -0.1) is 0 Å². The summed E-state index contributed by atoms with van der Waals surface area (Å²) in [4.78, 5) is 20.4. The second kappa shape index (κ2) is 11.8. The fourth-order valence-corrected chi connectivity index (χ4v) is 8.17. The molecule has 0 radical (unpaired) electrons. The van der Waals surface area contributed by atoms with Gasteiger partial charge >= 0.3 is 0 Å². The maximum absolute atomic E-state index is 6.53. The molecule has 12 aromatic rings. The number of hydrogen-bond donors (Lipinski definition) is 0. The minimum absolute atomic E-state index is 0.568. The number of nitrogens with zero attached hydrogens (tertiary/aromatic N) is 7. The summed E-state index contributed by atoms with van der Waals surface area (Å²) in [5.74, 6) is 2.62. The van der Waals surface area contributed by atoms with E-state index < -0.39 is 0 Å². The summed E-state index contributed by atoms with van der Waals surface area (Å²) >= 11 is 0. The van der Waals surface area contributed by atoms with E-state index in [1.807, 2.05) is 78.9 Å². The molecule has 0 aliphatic heterocycles. The van der Waals surface area contributed by atoms with E-state index in [0.29, 0.717) is 17.6 Å². The molecule has 0 saturated carbocycles. The van der Waals surface area contributed by atoms with Crippen LogP contribution in [0.5, 0.6) is 0 Å². The minimum Gasteiger partial charge on any atom is -0.437 e. The third-order valence-electron chi connectivity index (χ3n) is 10.7. The molecule has 12 rings (SSSR count). The second-order valence-electron chi connectivity index (χ2n) is 14.0. The van der Waals surface area contributed by atoms with Gasteiger partial charge < -0.3 is 4.42 Å². The molecular weight excluding hydrogens is 691 g/mol. The highest BCUT2D eigenvalue weighted by atomic mass is 16.3. The van der Waals surface area contributed by atoms with Crippen molar-refractivity contribution < 1.29 is 4.42 Å². The molecule has 5 aromatic heterocycles. The number of benzene rings is 7. The summed E-state index contributed by atoms with van der Waals surface area (Å²) in [7, 11) is 0. The first-order valence-electron chi connectivity index (χ1n) is 18.6. The Morgan fingerprint density at radius 2 is 1.00 bits per heavy atom. The normalized spacial score (nSPS) is 11.9. The van der Waals surface area contributed by atoms with Crippen LogP contribution >= 0.6 is 0 Å². The Morgan fingerprint density at radius 3 is 1.73 bits per heavy atom. The second-order valence-corrected chi connectivity index (χ2v) is 14.0. The van der Waals surface area contributed by atoms with Crippen LogP contribution in [-0.2, 0) is 0 Å². The summed E-state index contributed by atoms with van der Waals surface area (Å²) in [5, 5.41) is 3.28. The molecule has 262 valence electrons. The van der Waals surface area contributed by atoms with Crippen LogP contribution in [0.4, 0.5) is 0 Å². The van der Waals surface area contributed by atoms with Gasteiger partial charge in [-0.3, -0.25) is 9.13 Å². The highest BCUT2D eigenvalue weighted by Gasteiger charge is 2.24. The fourth-order valence-electron chi connectivity index (χ4n) is 8.17. The summed E-state index contributed by atoms with van der Waals surface area (Å²) < 4.78 is 13.0. The first-order chi connectivity index (χ1) is 27.8. The molecule has 0 spiro atoms. The molecular formula is C48H29N7O. The average molecular weight is 720 g/mol. The van der Waals surface area contributed by atoms with Crippen molar-refractivity contribution in [3.63, 3.8) is 0 Å². The Kier molecular flexibility index (Phi) is 6.47. The molecule has 0 unspecified atom stereocenters. The predicted octanol–water partition coefficient (Wildman–Crippen LogP) is 11.5. The largest absolute Gasteiger partial charge is 0.437 e.